The summed E-state index contributed by atoms with van der Waals surface area (Å²) >= 11 is 3.52. The average molecular weight is 447 g/mol. The van der Waals surface area contributed by atoms with E-state index >= 15 is 0 Å². The van der Waals surface area contributed by atoms with Gasteiger partial charge in [-0.2, -0.15) is 5.10 Å². The zero-order valence-corrected chi connectivity index (χ0v) is 17.5. The Kier molecular flexibility index (Phi) is 5.74. The Hall–Kier alpha value is -2.23. The minimum atomic E-state index is 0.190. The Labute approximate surface area is 172 Å². The van der Waals surface area contributed by atoms with Crippen LogP contribution in [-0.2, 0) is 11.8 Å². The van der Waals surface area contributed by atoms with E-state index in [-0.39, 0.29) is 6.04 Å². The fourth-order valence-electron chi connectivity index (χ4n) is 3.54. The summed E-state index contributed by atoms with van der Waals surface area (Å²) in [7, 11) is 3.56. The van der Waals surface area contributed by atoms with E-state index in [0.717, 1.165) is 53.5 Å². The summed E-state index contributed by atoms with van der Waals surface area (Å²) in [6.07, 6.45) is 1.57. The molecule has 0 radical (unpaired) electrons. The number of methoxy groups -OCH3 is 1. The first-order chi connectivity index (χ1) is 13.7. The number of fused-ring (bicyclic) bond motifs is 1. The van der Waals surface area contributed by atoms with Gasteiger partial charge in [-0.05, 0) is 33.6 Å². The van der Waals surface area contributed by atoms with E-state index in [1.54, 1.807) is 18.1 Å². The van der Waals surface area contributed by atoms with Crippen molar-refractivity contribution in [1.82, 2.24) is 24.6 Å². The number of hydrogen-bond donors (Lipinski definition) is 1. The molecule has 148 valence electrons. The highest BCUT2D eigenvalue weighted by Crippen LogP contribution is 2.29. The highest BCUT2D eigenvalue weighted by atomic mass is 79.9. The van der Waals surface area contributed by atoms with Crippen LogP contribution in [0.15, 0.2) is 35.2 Å². The second-order valence-corrected chi connectivity index (χ2v) is 7.40. The number of hydrogen-bond acceptors (Lipinski definition) is 7. The van der Waals surface area contributed by atoms with Crippen LogP contribution < -0.4 is 10.1 Å². The van der Waals surface area contributed by atoms with Gasteiger partial charge in [0, 0.05) is 26.7 Å². The highest BCUT2D eigenvalue weighted by molar-refractivity contribution is 9.10. The second-order valence-electron chi connectivity index (χ2n) is 6.65. The summed E-state index contributed by atoms with van der Waals surface area (Å²) < 4.78 is 13.3. The molecule has 2 aromatic heterocycles. The molecule has 3 heterocycles. The number of rotatable bonds is 6. The van der Waals surface area contributed by atoms with Gasteiger partial charge in [0.05, 0.1) is 31.8 Å². The first-order valence-electron chi connectivity index (χ1n) is 9.20. The predicted octanol–water partition coefficient (Wildman–Crippen LogP) is 2.62. The normalized spacial score (nSPS) is 16.2. The minimum absolute atomic E-state index is 0.190. The third-order valence-corrected chi connectivity index (χ3v) is 5.58. The van der Waals surface area contributed by atoms with Gasteiger partial charge in [0.25, 0.3) is 0 Å². The molecule has 0 saturated carbocycles. The van der Waals surface area contributed by atoms with Gasteiger partial charge in [-0.1, -0.05) is 12.1 Å². The molecular formula is C19H23BrN6O2. The lowest BCUT2D eigenvalue weighted by Gasteiger charge is -2.35. The monoisotopic (exact) mass is 446 g/mol. The van der Waals surface area contributed by atoms with Crippen LogP contribution in [0.25, 0.3) is 11.0 Å². The number of aromatic nitrogens is 4. The van der Waals surface area contributed by atoms with E-state index in [1.165, 1.54) is 5.56 Å². The van der Waals surface area contributed by atoms with Crippen molar-refractivity contribution in [3.8, 4) is 5.75 Å². The minimum Gasteiger partial charge on any atom is -0.497 e. The first kappa shape index (κ1) is 19.1. The maximum atomic E-state index is 5.54. The molecule has 9 heteroatoms. The Bertz CT molecular complexity index is 939. The maximum absolute atomic E-state index is 5.54. The van der Waals surface area contributed by atoms with E-state index < -0.39 is 0 Å². The number of morpholine rings is 1. The van der Waals surface area contributed by atoms with E-state index in [9.17, 15) is 0 Å². The zero-order valence-electron chi connectivity index (χ0n) is 15.9. The number of ether oxygens (including phenoxy) is 2. The van der Waals surface area contributed by atoms with Gasteiger partial charge in [-0.3, -0.25) is 4.90 Å². The summed E-state index contributed by atoms with van der Waals surface area (Å²) in [5, 5.41) is 8.80. The van der Waals surface area contributed by atoms with Crippen molar-refractivity contribution in [3.05, 3.63) is 40.8 Å². The second kappa shape index (κ2) is 8.42. The van der Waals surface area contributed by atoms with Crippen molar-refractivity contribution in [3.63, 3.8) is 0 Å². The highest BCUT2D eigenvalue weighted by Gasteiger charge is 2.23. The summed E-state index contributed by atoms with van der Waals surface area (Å²) in [5.41, 5.74) is 2.02. The van der Waals surface area contributed by atoms with Crippen molar-refractivity contribution in [2.75, 3.05) is 45.3 Å². The quantitative estimate of drug-likeness (QED) is 0.623. The van der Waals surface area contributed by atoms with Crippen LogP contribution in [0.2, 0.25) is 0 Å². The van der Waals surface area contributed by atoms with Crippen LogP contribution in [0.4, 0.5) is 5.82 Å². The summed E-state index contributed by atoms with van der Waals surface area (Å²) in [5.74, 6) is 1.63. The van der Waals surface area contributed by atoms with E-state index in [2.05, 4.69) is 53.3 Å². The number of halogens is 1. The summed E-state index contributed by atoms with van der Waals surface area (Å²) in [6, 6.07) is 8.44. The lowest BCUT2D eigenvalue weighted by Crippen LogP contribution is -2.41. The van der Waals surface area contributed by atoms with Crippen molar-refractivity contribution in [2.24, 2.45) is 7.05 Å². The summed E-state index contributed by atoms with van der Waals surface area (Å²) in [6.45, 7) is 4.00. The lowest BCUT2D eigenvalue weighted by atomic mass is 10.0. The molecule has 0 spiro atoms. The fraction of sp³-hybridized carbons (Fsp3) is 0.421. The molecule has 0 amide bonds. The SMILES string of the molecule is COc1ccc(C(CNc2ncnc3c2c(Br)nn3C)N2CCOCC2)cc1. The van der Waals surface area contributed by atoms with Gasteiger partial charge in [0.2, 0.25) is 0 Å². The number of aryl methyl sites for hydroxylation is 1. The summed E-state index contributed by atoms with van der Waals surface area (Å²) in [4.78, 5) is 11.2. The van der Waals surface area contributed by atoms with Gasteiger partial charge in [-0.15, -0.1) is 0 Å². The predicted molar refractivity (Wildman–Crippen MR) is 111 cm³/mol. The van der Waals surface area contributed by atoms with Gasteiger partial charge in [0.15, 0.2) is 5.65 Å². The molecule has 0 aliphatic carbocycles. The first-order valence-corrected chi connectivity index (χ1v) is 9.99. The lowest BCUT2D eigenvalue weighted by molar-refractivity contribution is 0.0187. The molecule has 8 nitrogen and oxygen atoms in total. The Morgan fingerprint density at radius 1 is 1.21 bits per heavy atom. The third-order valence-electron chi connectivity index (χ3n) is 5.03. The van der Waals surface area contributed by atoms with E-state index in [1.807, 2.05) is 19.2 Å². The molecule has 1 N–H and O–H groups in total. The Morgan fingerprint density at radius 3 is 2.68 bits per heavy atom. The molecule has 1 aliphatic heterocycles. The van der Waals surface area contributed by atoms with Crippen LogP contribution in [-0.4, -0.2) is 64.6 Å². The molecular weight excluding hydrogens is 424 g/mol. The fourth-order valence-corrected chi connectivity index (χ4v) is 4.14. The van der Waals surface area contributed by atoms with E-state index in [4.69, 9.17) is 9.47 Å². The maximum Gasteiger partial charge on any atom is 0.164 e. The Morgan fingerprint density at radius 2 is 1.96 bits per heavy atom. The number of benzene rings is 1. The number of anilines is 1. The van der Waals surface area contributed by atoms with Gasteiger partial charge in [-0.25, -0.2) is 14.6 Å². The van der Waals surface area contributed by atoms with Crippen LogP contribution >= 0.6 is 15.9 Å². The smallest absolute Gasteiger partial charge is 0.164 e. The molecule has 4 rings (SSSR count). The van der Waals surface area contributed by atoms with Crippen LogP contribution in [0.5, 0.6) is 5.75 Å². The molecule has 1 unspecified atom stereocenters. The van der Waals surface area contributed by atoms with Gasteiger partial charge < -0.3 is 14.8 Å². The topological polar surface area (TPSA) is 77.3 Å². The number of nitrogens with one attached hydrogen (secondary N) is 1. The van der Waals surface area contributed by atoms with Crippen molar-refractivity contribution in [1.29, 1.82) is 0 Å². The number of nitrogens with zero attached hydrogens (tertiary/aromatic N) is 5. The van der Waals surface area contributed by atoms with Crippen molar-refractivity contribution < 1.29 is 9.47 Å². The molecule has 1 aliphatic rings. The molecule has 1 atom stereocenters. The zero-order chi connectivity index (χ0) is 19.5. The van der Waals surface area contributed by atoms with Gasteiger partial charge in [0.1, 0.15) is 22.5 Å². The third kappa shape index (κ3) is 3.82. The van der Waals surface area contributed by atoms with Crippen LogP contribution in [0.3, 0.4) is 0 Å². The van der Waals surface area contributed by atoms with Crippen molar-refractivity contribution in [2.45, 2.75) is 6.04 Å². The van der Waals surface area contributed by atoms with Crippen molar-refractivity contribution >= 4 is 32.8 Å². The Balaban J connectivity index is 1.60. The average Bonchev–Trinajstić information content (AvgIpc) is 3.04. The molecule has 1 fully saturated rings. The molecule has 0 bridgehead atoms. The van der Waals surface area contributed by atoms with Gasteiger partial charge >= 0.3 is 0 Å². The molecule has 28 heavy (non-hydrogen) atoms. The van der Waals surface area contributed by atoms with Crippen LogP contribution in [0, 0.1) is 0 Å². The van der Waals surface area contributed by atoms with E-state index in [0.29, 0.717) is 6.54 Å². The molecule has 1 saturated heterocycles. The molecule has 1 aromatic carbocycles. The molecule has 3 aromatic rings. The largest absolute Gasteiger partial charge is 0.497 e. The van der Waals surface area contributed by atoms with Crippen LogP contribution in [0.1, 0.15) is 11.6 Å². The standard InChI is InChI=1S/C19H23BrN6O2/c1-25-19-16(17(20)24-25)18(22-12-23-19)21-11-15(26-7-9-28-10-8-26)13-3-5-14(27-2)6-4-13/h3-6,12,15H,7-11H2,1-2H3,(H,21,22,23).